The maximum absolute atomic E-state index is 5.73. The summed E-state index contributed by atoms with van der Waals surface area (Å²) in [5.74, 6) is 1.03. The zero-order valence-electron chi connectivity index (χ0n) is 8.95. The average molecular weight is 414 g/mol. The zero-order valence-corrected chi connectivity index (χ0v) is 13.1. The SMILES string of the molecule is C[CH]=[U]=[CH]c1ccccc1OC(C)C. The molecule has 0 fully saturated rings. The van der Waals surface area contributed by atoms with Gasteiger partial charge in [0, 0.05) is 0 Å². The first-order valence-corrected chi connectivity index (χ1v) is 9.67. The van der Waals surface area contributed by atoms with Crippen molar-refractivity contribution in [2.75, 3.05) is 0 Å². The third kappa shape index (κ3) is 3.90. The summed E-state index contributed by atoms with van der Waals surface area (Å²) in [4.78, 5) is 0. The van der Waals surface area contributed by atoms with E-state index in [4.69, 9.17) is 4.74 Å². The Morgan fingerprint density at radius 3 is 2.64 bits per heavy atom. The number of ether oxygens (including phenoxy) is 1. The van der Waals surface area contributed by atoms with Gasteiger partial charge in [-0.25, -0.2) is 0 Å². The van der Waals surface area contributed by atoms with Crippen LogP contribution in [0.2, 0.25) is 0 Å². The van der Waals surface area contributed by atoms with Crippen LogP contribution in [-0.2, 0) is 0 Å². The molecule has 0 radical (unpaired) electrons. The predicted octanol–water partition coefficient (Wildman–Crippen LogP) is 2.53. The molecule has 0 heterocycles. The van der Waals surface area contributed by atoms with E-state index in [-0.39, 0.29) is 6.10 Å². The van der Waals surface area contributed by atoms with E-state index in [0.717, 1.165) is 5.75 Å². The molecule has 1 nitrogen and oxygen atoms in total. The Bertz CT molecular complexity index is 349. The fraction of sp³-hybridized carbons (Fsp3) is 0.333. The minimum atomic E-state index is -0.742. The molecule has 0 aromatic heterocycles. The first kappa shape index (κ1) is 11.9. The molecule has 0 aliphatic carbocycles. The van der Waals surface area contributed by atoms with Crippen LogP contribution in [0.1, 0.15) is 26.3 Å². The summed E-state index contributed by atoms with van der Waals surface area (Å²) < 4.78 is 10.5. The molecule has 0 atom stereocenters. The summed E-state index contributed by atoms with van der Waals surface area (Å²) in [6, 6.07) is 8.28. The fourth-order valence-electron chi connectivity index (χ4n) is 1.13. The Balaban J connectivity index is 2.97. The van der Waals surface area contributed by atoms with Gasteiger partial charge in [0.2, 0.25) is 0 Å². The van der Waals surface area contributed by atoms with Crippen molar-refractivity contribution in [3.8, 4) is 5.75 Å². The van der Waals surface area contributed by atoms with Crippen molar-refractivity contribution in [3.63, 3.8) is 0 Å². The molecular weight excluding hydrogens is 398 g/mol. The quantitative estimate of drug-likeness (QED) is 0.739. The standard InChI is InChI=1S/C10H12O.C2H4.U/c1-8(2)11-10-7-5-4-6-9(10)3;1-2;/h3-8H,1-2H3;1H,2H3;. The number of para-hydroxylation sites is 1. The van der Waals surface area contributed by atoms with Gasteiger partial charge in [-0.3, -0.25) is 0 Å². The first-order valence-electron chi connectivity index (χ1n) is 4.87. The molecule has 0 aliphatic rings. The minimum absolute atomic E-state index is 0.255. The van der Waals surface area contributed by atoms with Gasteiger partial charge in [0.05, 0.1) is 0 Å². The van der Waals surface area contributed by atoms with Crippen molar-refractivity contribution >= 4 is 6.06 Å². The molecular formula is C12H16OU. The molecule has 1 aromatic rings. The molecule has 2 heteroatoms. The molecule has 0 spiro atoms. The van der Waals surface area contributed by atoms with Crippen molar-refractivity contribution in [3.05, 3.63) is 29.8 Å². The van der Waals surface area contributed by atoms with Gasteiger partial charge in [-0.05, 0) is 0 Å². The zero-order chi connectivity index (χ0) is 10.4. The molecule has 0 saturated carbocycles. The topological polar surface area (TPSA) is 9.23 Å². The Morgan fingerprint density at radius 1 is 1.29 bits per heavy atom. The van der Waals surface area contributed by atoms with Crippen LogP contribution in [0.15, 0.2) is 24.3 Å². The monoisotopic (exact) mass is 414 g/mol. The van der Waals surface area contributed by atoms with Gasteiger partial charge in [-0.1, -0.05) is 0 Å². The van der Waals surface area contributed by atoms with E-state index in [1.54, 1.807) is 0 Å². The van der Waals surface area contributed by atoms with E-state index in [0.29, 0.717) is 0 Å². The summed E-state index contributed by atoms with van der Waals surface area (Å²) in [5, 5.41) is 0. The van der Waals surface area contributed by atoms with E-state index < -0.39 is 26.7 Å². The van der Waals surface area contributed by atoms with Crippen LogP contribution in [0.3, 0.4) is 0 Å². The van der Waals surface area contributed by atoms with Gasteiger partial charge < -0.3 is 0 Å². The summed E-state index contributed by atoms with van der Waals surface area (Å²) in [7, 11) is 0. The number of hydrogen-bond donors (Lipinski definition) is 0. The van der Waals surface area contributed by atoms with Gasteiger partial charge in [-0.15, -0.1) is 0 Å². The third-order valence-electron chi connectivity index (χ3n) is 1.69. The molecule has 0 N–H and O–H groups in total. The van der Waals surface area contributed by atoms with Crippen molar-refractivity contribution < 1.29 is 31.5 Å². The summed E-state index contributed by atoms with van der Waals surface area (Å²) >= 11 is -0.742. The third-order valence-corrected chi connectivity index (χ3v) is 5.06. The summed E-state index contributed by atoms with van der Waals surface area (Å²) in [6.07, 6.45) is 0.255. The second-order valence-corrected chi connectivity index (χ2v) is 8.30. The molecule has 0 bridgehead atoms. The van der Waals surface area contributed by atoms with Gasteiger partial charge >= 0.3 is 100.0 Å². The van der Waals surface area contributed by atoms with Crippen LogP contribution in [-0.4, -0.2) is 12.2 Å². The maximum atomic E-state index is 5.73. The van der Waals surface area contributed by atoms with Crippen molar-refractivity contribution in [2.24, 2.45) is 0 Å². The van der Waals surface area contributed by atoms with Crippen LogP contribution >= 0.6 is 0 Å². The molecule has 74 valence electrons. The molecule has 1 rings (SSSR count). The first-order chi connectivity index (χ1) is 6.74. The Morgan fingerprint density at radius 2 is 2.00 bits per heavy atom. The van der Waals surface area contributed by atoms with Gasteiger partial charge in [0.1, 0.15) is 0 Å². The van der Waals surface area contributed by atoms with Crippen LogP contribution in [0.5, 0.6) is 5.75 Å². The summed E-state index contributed by atoms with van der Waals surface area (Å²) in [5.41, 5.74) is 1.27. The van der Waals surface area contributed by atoms with Crippen LogP contribution in [0, 0.1) is 26.7 Å². The second-order valence-electron chi connectivity index (χ2n) is 3.30. The Hall–Kier alpha value is -0.188. The van der Waals surface area contributed by atoms with E-state index in [2.05, 4.69) is 39.0 Å². The fourth-order valence-corrected chi connectivity index (χ4v) is 3.57. The van der Waals surface area contributed by atoms with E-state index in [1.165, 1.54) is 5.56 Å². The van der Waals surface area contributed by atoms with Gasteiger partial charge in [0.25, 0.3) is 0 Å². The van der Waals surface area contributed by atoms with E-state index in [1.807, 2.05) is 12.1 Å². The predicted molar refractivity (Wildman–Crippen MR) is 59.1 cm³/mol. The van der Waals surface area contributed by atoms with Crippen molar-refractivity contribution in [1.82, 2.24) is 0 Å². The van der Waals surface area contributed by atoms with Gasteiger partial charge in [0.15, 0.2) is 0 Å². The molecule has 1 aromatic carbocycles. The second kappa shape index (κ2) is 6.32. The van der Waals surface area contributed by atoms with Crippen molar-refractivity contribution in [2.45, 2.75) is 26.9 Å². The normalized spacial score (nSPS) is 9.43. The Labute approximate surface area is 99.4 Å². The molecule has 0 saturated heterocycles. The van der Waals surface area contributed by atoms with Crippen LogP contribution < -0.4 is 4.74 Å². The number of rotatable bonds is 3. The van der Waals surface area contributed by atoms with E-state index >= 15 is 0 Å². The molecule has 0 unspecified atom stereocenters. The van der Waals surface area contributed by atoms with Crippen molar-refractivity contribution in [1.29, 1.82) is 0 Å². The molecule has 14 heavy (non-hydrogen) atoms. The molecule has 0 aliphatic heterocycles. The van der Waals surface area contributed by atoms with Crippen LogP contribution in [0.25, 0.3) is 0 Å². The number of benzene rings is 1. The number of hydrogen-bond acceptors (Lipinski definition) is 1. The summed E-state index contributed by atoms with van der Waals surface area (Å²) in [6.45, 7) is 6.27. The van der Waals surface area contributed by atoms with E-state index in [9.17, 15) is 0 Å². The molecule has 0 amide bonds. The average Bonchev–Trinajstić information content (AvgIpc) is 2.16. The van der Waals surface area contributed by atoms with Gasteiger partial charge in [-0.2, -0.15) is 0 Å². The van der Waals surface area contributed by atoms with Crippen LogP contribution in [0.4, 0.5) is 0 Å². The Kier molecular flexibility index (Phi) is 5.37.